The third-order valence-electron chi connectivity index (χ3n) is 2.37. The lowest BCUT2D eigenvalue weighted by Crippen LogP contribution is -2.24. The Labute approximate surface area is 89.3 Å². The molecule has 1 aliphatic heterocycles. The van der Waals surface area contributed by atoms with Gasteiger partial charge in [-0.3, -0.25) is 0 Å². The first-order valence-electron chi connectivity index (χ1n) is 5.08. The van der Waals surface area contributed by atoms with Gasteiger partial charge in [-0.1, -0.05) is 5.16 Å². The number of nitrogens with two attached hydrogens (primary N) is 1. The molecule has 0 radical (unpaired) electrons. The molecule has 4 nitrogen and oxygen atoms in total. The maximum atomic E-state index is 8.30. The Morgan fingerprint density at radius 1 is 1.64 bits per heavy atom. The van der Waals surface area contributed by atoms with Gasteiger partial charge in [0.2, 0.25) is 0 Å². The molecular weight excluding hydrogens is 198 g/mol. The minimum atomic E-state index is 0.322. The molecule has 0 aliphatic carbocycles. The van der Waals surface area contributed by atoms with Crippen LogP contribution < -0.4 is 11.1 Å². The Bertz CT molecular complexity index is 181. The van der Waals surface area contributed by atoms with Gasteiger partial charge in [0.15, 0.2) is 0 Å². The highest BCUT2D eigenvalue weighted by Gasteiger charge is 2.14. The van der Waals surface area contributed by atoms with E-state index >= 15 is 0 Å². The standard InChI is InChI=1S/C9H19N3OS/c10-9(12-13)2-1-4-11-6-8-3-5-14-7-8/h8,11,13H,1-7H2,(H2,10,12). The average Bonchev–Trinajstić information content (AvgIpc) is 2.69. The molecule has 0 aromatic carbocycles. The lowest BCUT2D eigenvalue weighted by atomic mass is 10.1. The number of hydrogen-bond donors (Lipinski definition) is 3. The van der Waals surface area contributed by atoms with E-state index in [1.807, 2.05) is 11.8 Å². The minimum Gasteiger partial charge on any atom is -0.409 e. The van der Waals surface area contributed by atoms with Crippen molar-refractivity contribution in [2.75, 3.05) is 24.6 Å². The molecule has 0 saturated carbocycles. The van der Waals surface area contributed by atoms with Crippen LogP contribution in [0.2, 0.25) is 0 Å². The monoisotopic (exact) mass is 217 g/mol. The maximum Gasteiger partial charge on any atom is 0.139 e. The highest BCUT2D eigenvalue weighted by molar-refractivity contribution is 7.99. The number of hydrogen-bond acceptors (Lipinski definition) is 4. The van der Waals surface area contributed by atoms with Crippen LogP contribution in [0.3, 0.4) is 0 Å². The molecule has 1 rings (SSSR count). The normalized spacial score (nSPS) is 22.9. The van der Waals surface area contributed by atoms with Crippen molar-refractivity contribution in [2.24, 2.45) is 16.8 Å². The van der Waals surface area contributed by atoms with Crippen LogP contribution in [-0.4, -0.2) is 35.6 Å². The fourth-order valence-corrected chi connectivity index (χ4v) is 2.78. The molecule has 1 saturated heterocycles. The van der Waals surface area contributed by atoms with Crippen molar-refractivity contribution in [3.63, 3.8) is 0 Å². The van der Waals surface area contributed by atoms with Crippen LogP contribution >= 0.6 is 11.8 Å². The molecule has 1 aliphatic rings. The predicted molar refractivity (Wildman–Crippen MR) is 60.9 cm³/mol. The summed E-state index contributed by atoms with van der Waals surface area (Å²) < 4.78 is 0. The number of thioether (sulfide) groups is 1. The Morgan fingerprint density at radius 2 is 2.50 bits per heavy atom. The molecular formula is C9H19N3OS. The zero-order valence-corrected chi connectivity index (χ0v) is 9.22. The topological polar surface area (TPSA) is 70.6 Å². The van der Waals surface area contributed by atoms with Crippen molar-refractivity contribution >= 4 is 17.6 Å². The van der Waals surface area contributed by atoms with E-state index in [0.29, 0.717) is 12.3 Å². The summed E-state index contributed by atoms with van der Waals surface area (Å²) in [4.78, 5) is 0. The quantitative estimate of drug-likeness (QED) is 0.203. The largest absolute Gasteiger partial charge is 0.409 e. The van der Waals surface area contributed by atoms with Crippen molar-refractivity contribution in [3.05, 3.63) is 0 Å². The van der Waals surface area contributed by atoms with Crippen LogP contribution in [-0.2, 0) is 0 Å². The molecule has 0 aromatic heterocycles. The van der Waals surface area contributed by atoms with Gasteiger partial charge < -0.3 is 16.3 Å². The number of nitrogens with one attached hydrogen (secondary N) is 1. The lowest BCUT2D eigenvalue weighted by molar-refractivity contribution is 0.316. The van der Waals surface area contributed by atoms with Gasteiger partial charge in [0.25, 0.3) is 0 Å². The second-order valence-corrected chi connectivity index (χ2v) is 4.78. The van der Waals surface area contributed by atoms with E-state index < -0.39 is 0 Å². The summed E-state index contributed by atoms with van der Waals surface area (Å²) in [6.07, 6.45) is 2.95. The van der Waals surface area contributed by atoms with E-state index in [1.165, 1.54) is 17.9 Å². The SMILES string of the molecule is NC(CCCNCC1CCSC1)=NO. The summed E-state index contributed by atoms with van der Waals surface area (Å²) in [5, 5.41) is 14.6. The van der Waals surface area contributed by atoms with Gasteiger partial charge in [0.1, 0.15) is 5.84 Å². The van der Waals surface area contributed by atoms with Gasteiger partial charge in [0, 0.05) is 6.42 Å². The summed E-state index contributed by atoms with van der Waals surface area (Å²) >= 11 is 2.04. The third-order valence-corrected chi connectivity index (χ3v) is 3.60. The van der Waals surface area contributed by atoms with Crippen molar-refractivity contribution in [1.29, 1.82) is 0 Å². The molecule has 5 heteroatoms. The number of oxime groups is 1. The van der Waals surface area contributed by atoms with Gasteiger partial charge in [0.05, 0.1) is 0 Å². The van der Waals surface area contributed by atoms with Crippen LogP contribution in [0.25, 0.3) is 0 Å². The number of amidine groups is 1. The van der Waals surface area contributed by atoms with Gasteiger partial charge in [-0.15, -0.1) is 0 Å². The van der Waals surface area contributed by atoms with Gasteiger partial charge in [-0.2, -0.15) is 11.8 Å². The first kappa shape index (κ1) is 11.7. The average molecular weight is 217 g/mol. The predicted octanol–water partition coefficient (Wildman–Crippen LogP) is 0.856. The fourth-order valence-electron chi connectivity index (χ4n) is 1.50. The molecule has 0 aromatic rings. The zero-order valence-electron chi connectivity index (χ0n) is 8.41. The van der Waals surface area contributed by atoms with Crippen molar-refractivity contribution in [1.82, 2.24) is 5.32 Å². The molecule has 1 heterocycles. The van der Waals surface area contributed by atoms with Crippen LogP contribution in [0.15, 0.2) is 5.16 Å². The first-order chi connectivity index (χ1) is 6.83. The third kappa shape index (κ3) is 4.72. The van der Waals surface area contributed by atoms with E-state index in [2.05, 4.69) is 10.5 Å². The van der Waals surface area contributed by atoms with E-state index in [9.17, 15) is 0 Å². The summed E-state index contributed by atoms with van der Waals surface area (Å²) in [6.45, 7) is 2.07. The van der Waals surface area contributed by atoms with Crippen molar-refractivity contribution < 1.29 is 5.21 Å². The Morgan fingerprint density at radius 3 is 3.14 bits per heavy atom. The van der Waals surface area contributed by atoms with Gasteiger partial charge in [-0.25, -0.2) is 0 Å². The first-order valence-corrected chi connectivity index (χ1v) is 6.23. The number of rotatable bonds is 6. The molecule has 0 amide bonds. The summed E-state index contributed by atoms with van der Waals surface area (Å²) in [5.74, 6) is 3.79. The Hall–Kier alpha value is -0.420. The second kappa shape index (κ2) is 6.95. The minimum absolute atomic E-state index is 0.322. The van der Waals surface area contributed by atoms with Crippen LogP contribution in [0.5, 0.6) is 0 Å². The molecule has 1 atom stereocenters. The van der Waals surface area contributed by atoms with Crippen molar-refractivity contribution in [3.8, 4) is 0 Å². The van der Waals surface area contributed by atoms with Gasteiger partial charge >= 0.3 is 0 Å². The van der Waals surface area contributed by atoms with Crippen LogP contribution in [0, 0.1) is 5.92 Å². The smallest absolute Gasteiger partial charge is 0.139 e. The Kier molecular flexibility index (Phi) is 5.78. The molecule has 4 N–H and O–H groups in total. The number of nitrogens with zero attached hydrogens (tertiary/aromatic N) is 1. The van der Waals surface area contributed by atoms with Gasteiger partial charge in [-0.05, 0) is 43.4 Å². The van der Waals surface area contributed by atoms with E-state index in [-0.39, 0.29) is 0 Å². The highest BCUT2D eigenvalue weighted by atomic mass is 32.2. The van der Waals surface area contributed by atoms with E-state index in [0.717, 1.165) is 25.4 Å². The molecule has 0 bridgehead atoms. The summed E-state index contributed by atoms with van der Waals surface area (Å²) in [7, 11) is 0. The van der Waals surface area contributed by atoms with Crippen molar-refractivity contribution in [2.45, 2.75) is 19.3 Å². The van der Waals surface area contributed by atoms with Crippen LogP contribution in [0.1, 0.15) is 19.3 Å². The van der Waals surface area contributed by atoms with E-state index in [4.69, 9.17) is 10.9 Å². The molecule has 1 unspecified atom stereocenters. The highest BCUT2D eigenvalue weighted by Crippen LogP contribution is 2.22. The molecule has 14 heavy (non-hydrogen) atoms. The Balaban J connectivity index is 1.89. The molecule has 82 valence electrons. The summed E-state index contributed by atoms with van der Waals surface area (Å²) in [6, 6.07) is 0. The van der Waals surface area contributed by atoms with Crippen LogP contribution in [0.4, 0.5) is 0 Å². The molecule has 0 spiro atoms. The maximum absolute atomic E-state index is 8.30. The zero-order chi connectivity index (χ0) is 10.2. The lowest BCUT2D eigenvalue weighted by Gasteiger charge is -2.09. The fraction of sp³-hybridized carbons (Fsp3) is 0.889. The van der Waals surface area contributed by atoms with E-state index in [1.54, 1.807) is 0 Å². The summed E-state index contributed by atoms with van der Waals surface area (Å²) in [5.41, 5.74) is 5.35. The second-order valence-electron chi connectivity index (χ2n) is 3.63. The molecule has 1 fully saturated rings.